The fraction of sp³-hybridized carbons (Fsp3) is 0.250. The summed E-state index contributed by atoms with van der Waals surface area (Å²) >= 11 is 0. The van der Waals surface area contributed by atoms with Crippen molar-refractivity contribution in [3.8, 4) is 23.0 Å². The van der Waals surface area contributed by atoms with Crippen LogP contribution in [0.5, 0.6) is 0 Å². The molecule has 120 valence electrons. The number of rotatable bonds is 3. The minimum absolute atomic E-state index is 0. The first-order chi connectivity index (χ1) is 10.7. The number of furan rings is 1. The number of halogens is 2. The molecule has 0 amide bonds. The maximum Gasteiger partial charge on any atom is 0.293 e. The van der Waals surface area contributed by atoms with Gasteiger partial charge in [-0.3, -0.25) is 0 Å². The molecule has 7 heteroatoms. The molecule has 0 spiro atoms. The highest BCUT2D eigenvalue weighted by molar-refractivity contribution is 5.85. The first-order valence-electron chi connectivity index (χ1n) is 7.14. The average Bonchev–Trinajstić information content (AvgIpc) is 3.14. The minimum Gasteiger partial charge on any atom is -0.451 e. The summed E-state index contributed by atoms with van der Waals surface area (Å²) in [5, 5.41) is 3.94. The molecule has 1 aliphatic rings. The molecule has 4 rings (SSSR count). The summed E-state index contributed by atoms with van der Waals surface area (Å²) in [4.78, 5) is 4.31. The number of nitrogens with zero attached hydrogens (tertiary/aromatic N) is 2. The Morgan fingerprint density at radius 1 is 1.09 bits per heavy atom. The van der Waals surface area contributed by atoms with Gasteiger partial charge in [0.25, 0.3) is 5.89 Å². The number of hydrogen-bond acceptors (Lipinski definition) is 5. The average molecular weight is 336 g/mol. The minimum atomic E-state index is -0.483. The smallest absolute Gasteiger partial charge is 0.293 e. The van der Waals surface area contributed by atoms with Gasteiger partial charge in [0.1, 0.15) is 11.6 Å². The summed E-state index contributed by atoms with van der Waals surface area (Å²) in [5.74, 6) is 1.23. The Hall–Kier alpha value is -2.18. The quantitative estimate of drug-likeness (QED) is 0.785. The maximum absolute atomic E-state index is 13.8. The molecule has 1 fully saturated rings. The second kappa shape index (κ2) is 5.79. The van der Waals surface area contributed by atoms with Gasteiger partial charge < -0.3 is 14.7 Å². The zero-order valence-electron chi connectivity index (χ0n) is 12.2. The number of nitrogens with two attached hydrogens (primary N) is 1. The summed E-state index contributed by atoms with van der Waals surface area (Å²) in [6, 6.07) is 9.78. The molecule has 3 aromatic rings. The molecule has 0 saturated heterocycles. The second-order valence-electron chi connectivity index (χ2n) is 5.58. The zero-order chi connectivity index (χ0) is 15.2. The third-order valence-electron chi connectivity index (χ3n) is 4.07. The van der Waals surface area contributed by atoms with Crippen LogP contribution in [0.15, 0.2) is 45.3 Å². The lowest BCUT2D eigenvalue weighted by molar-refractivity contribution is 0.229. The molecule has 0 bridgehead atoms. The third-order valence-corrected chi connectivity index (χ3v) is 4.07. The van der Waals surface area contributed by atoms with Crippen molar-refractivity contribution in [2.75, 3.05) is 0 Å². The predicted octanol–water partition coefficient (Wildman–Crippen LogP) is 3.90. The molecule has 0 radical (unpaired) electrons. The van der Waals surface area contributed by atoms with Crippen molar-refractivity contribution in [2.45, 2.75) is 24.8 Å². The van der Waals surface area contributed by atoms with Gasteiger partial charge in [-0.1, -0.05) is 17.3 Å². The molecule has 0 unspecified atom stereocenters. The maximum atomic E-state index is 13.8. The molecule has 0 aliphatic heterocycles. The van der Waals surface area contributed by atoms with Crippen molar-refractivity contribution >= 4 is 12.4 Å². The van der Waals surface area contributed by atoms with Gasteiger partial charge in [0.2, 0.25) is 0 Å². The first-order valence-corrected chi connectivity index (χ1v) is 7.14. The normalized spacial score (nSPS) is 15.7. The second-order valence-corrected chi connectivity index (χ2v) is 5.58. The topological polar surface area (TPSA) is 78.1 Å². The first kappa shape index (κ1) is 15.7. The van der Waals surface area contributed by atoms with Crippen LogP contribution in [0.1, 0.15) is 25.1 Å². The van der Waals surface area contributed by atoms with Crippen molar-refractivity contribution < 1.29 is 13.3 Å². The molecular weight excluding hydrogens is 321 g/mol. The molecule has 2 heterocycles. The molecule has 5 nitrogen and oxygen atoms in total. The molecule has 23 heavy (non-hydrogen) atoms. The van der Waals surface area contributed by atoms with Crippen molar-refractivity contribution in [2.24, 2.45) is 5.73 Å². The van der Waals surface area contributed by atoms with Gasteiger partial charge in [0.05, 0.1) is 11.1 Å². The van der Waals surface area contributed by atoms with Gasteiger partial charge in [0, 0.05) is 0 Å². The van der Waals surface area contributed by atoms with E-state index >= 15 is 0 Å². The lowest BCUT2D eigenvalue weighted by atomic mass is 9.77. The van der Waals surface area contributed by atoms with Crippen molar-refractivity contribution in [1.29, 1.82) is 0 Å². The summed E-state index contributed by atoms with van der Waals surface area (Å²) in [5.41, 5.74) is 6.07. The standard InChI is InChI=1S/C16H14FN3O2.ClH/c17-11-5-2-1-4-10(11)12-6-7-13(21-12)14-19-15(20-22-14)16(18)8-3-9-16;/h1-2,4-7H,3,8-9,18H2;1H. The zero-order valence-corrected chi connectivity index (χ0v) is 13.0. The van der Waals surface area contributed by atoms with Crippen LogP contribution in [0.4, 0.5) is 4.39 Å². The summed E-state index contributed by atoms with van der Waals surface area (Å²) in [6.07, 6.45) is 2.77. The van der Waals surface area contributed by atoms with E-state index < -0.39 is 5.54 Å². The molecular formula is C16H15ClFN3O2. The predicted molar refractivity (Wildman–Crippen MR) is 84.4 cm³/mol. The van der Waals surface area contributed by atoms with Crippen LogP contribution in [-0.2, 0) is 5.54 Å². The Labute approximate surface area is 138 Å². The fourth-order valence-corrected chi connectivity index (χ4v) is 2.57. The van der Waals surface area contributed by atoms with Crippen LogP contribution in [-0.4, -0.2) is 10.1 Å². The molecule has 0 atom stereocenters. The number of aromatic nitrogens is 2. The van der Waals surface area contributed by atoms with Crippen molar-refractivity contribution in [3.63, 3.8) is 0 Å². The van der Waals surface area contributed by atoms with Crippen LogP contribution in [0.2, 0.25) is 0 Å². The highest BCUT2D eigenvalue weighted by atomic mass is 35.5. The van der Waals surface area contributed by atoms with E-state index in [-0.39, 0.29) is 24.1 Å². The Morgan fingerprint density at radius 2 is 1.83 bits per heavy atom. The van der Waals surface area contributed by atoms with Crippen LogP contribution in [0, 0.1) is 5.82 Å². The molecule has 2 aromatic heterocycles. The van der Waals surface area contributed by atoms with Crippen LogP contribution in [0.3, 0.4) is 0 Å². The van der Waals surface area contributed by atoms with E-state index in [0.717, 1.165) is 19.3 Å². The van der Waals surface area contributed by atoms with E-state index in [9.17, 15) is 4.39 Å². The highest BCUT2D eigenvalue weighted by Crippen LogP contribution is 2.38. The largest absolute Gasteiger partial charge is 0.451 e. The SMILES string of the molecule is Cl.NC1(c2noc(-c3ccc(-c4ccccc4F)o3)n2)CCC1. The number of benzene rings is 1. The molecule has 1 aromatic carbocycles. The molecule has 1 aliphatic carbocycles. The van der Waals surface area contributed by atoms with Gasteiger partial charge in [0.15, 0.2) is 11.6 Å². The van der Waals surface area contributed by atoms with E-state index in [1.807, 2.05) is 0 Å². The van der Waals surface area contributed by atoms with Gasteiger partial charge in [-0.25, -0.2) is 4.39 Å². The lowest BCUT2D eigenvalue weighted by Crippen LogP contribution is -2.44. The Morgan fingerprint density at radius 3 is 2.52 bits per heavy atom. The summed E-state index contributed by atoms with van der Waals surface area (Å²) in [7, 11) is 0. The Balaban J connectivity index is 0.00000156. The van der Waals surface area contributed by atoms with Gasteiger partial charge in [-0.2, -0.15) is 4.98 Å². The highest BCUT2D eigenvalue weighted by Gasteiger charge is 2.39. The van der Waals surface area contributed by atoms with Crippen molar-refractivity contribution in [3.05, 3.63) is 48.0 Å². The fourth-order valence-electron chi connectivity index (χ4n) is 2.57. The summed E-state index contributed by atoms with van der Waals surface area (Å²) in [6.45, 7) is 0. The Kier molecular flexibility index (Phi) is 3.95. The van der Waals surface area contributed by atoms with E-state index in [0.29, 0.717) is 22.9 Å². The number of hydrogen-bond donors (Lipinski definition) is 1. The lowest BCUT2D eigenvalue weighted by Gasteiger charge is -2.34. The van der Waals surface area contributed by atoms with Gasteiger partial charge in [-0.05, 0) is 43.5 Å². The van der Waals surface area contributed by atoms with E-state index in [1.54, 1.807) is 30.3 Å². The van der Waals surface area contributed by atoms with E-state index in [4.69, 9.17) is 14.7 Å². The van der Waals surface area contributed by atoms with E-state index in [1.165, 1.54) is 6.07 Å². The molecule has 2 N–H and O–H groups in total. The van der Waals surface area contributed by atoms with E-state index in [2.05, 4.69) is 10.1 Å². The monoisotopic (exact) mass is 335 g/mol. The van der Waals surface area contributed by atoms with Crippen LogP contribution < -0.4 is 5.73 Å². The summed E-state index contributed by atoms with van der Waals surface area (Å²) < 4.78 is 24.6. The Bertz CT molecular complexity index is 826. The van der Waals surface area contributed by atoms with Crippen LogP contribution in [0.25, 0.3) is 23.0 Å². The van der Waals surface area contributed by atoms with Crippen LogP contribution >= 0.6 is 12.4 Å². The molecule has 1 saturated carbocycles. The van der Waals surface area contributed by atoms with Gasteiger partial charge >= 0.3 is 0 Å². The third kappa shape index (κ3) is 2.64. The van der Waals surface area contributed by atoms with Gasteiger partial charge in [-0.15, -0.1) is 12.4 Å². The van der Waals surface area contributed by atoms with Crippen molar-refractivity contribution in [1.82, 2.24) is 10.1 Å².